The molecule has 0 spiro atoms. The minimum Gasteiger partial charge on any atom is -0.497 e. The van der Waals surface area contributed by atoms with Crippen LogP contribution in [0.1, 0.15) is 22.8 Å². The van der Waals surface area contributed by atoms with Gasteiger partial charge in [-0.1, -0.05) is 13.0 Å². The smallest absolute Gasteiger partial charge is 0.262 e. The third kappa shape index (κ3) is 5.77. The predicted octanol–water partition coefficient (Wildman–Crippen LogP) is 4.56. The zero-order chi connectivity index (χ0) is 22.4. The molecule has 162 valence electrons. The Bertz CT molecular complexity index is 1160. The molecule has 9 heteroatoms. The number of aromatic nitrogens is 1. The van der Waals surface area contributed by atoms with E-state index in [-0.39, 0.29) is 10.5 Å². The Morgan fingerprint density at radius 1 is 1.06 bits per heavy atom. The molecule has 0 radical (unpaired) electrons. The molecule has 7 nitrogen and oxygen atoms in total. The second-order valence-corrected chi connectivity index (χ2v) is 9.52. The average Bonchev–Trinajstić information content (AvgIpc) is 2.75. The van der Waals surface area contributed by atoms with Gasteiger partial charge in [0.05, 0.1) is 28.9 Å². The summed E-state index contributed by atoms with van der Waals surface area (Å²) in [5, 5.41) is 3.62. The van der Waals surface area contributed by atoms with Crippen molar-refractivity contribution in [3.63, 3.8) is 0 Å². The third-order valence-corrected chi connectivity index (χ3v) is 6.72. The largest absolute Gasteiger partial charge is 0.497 e. The van der Waals surface area contributed by atoms with Crippen molar-refractivity contribution in [3.05, 3.63) is 71.9 Å². The summed E-state index contributed by atoms with van der Waals surface area (Å²) in [4.78, 5) is 17.0. The lowest BCUT2D eigenvalue weighted by molar-refractivity contribution is 0.102. The topological polar surface area (TPSA) is 97.4 Å². The van der Waals surface area contributed by atoms with Gasteiger partial charge in [-0.15, -0.1) is 11.8 Å². The average molecular weight is 458 g/mol. The van der Waals surface area contributed by atoms with Gasteiger partial charge in [-0.25, -0.2) is 13.4 Å². The molecule has 0 saturated carbocycles. The summed E-state index contributed by atoms with van der Waals surface area (Å²) in [5.74, 6) is 1.11. The van der Waals surface area contributed by atoms with Crippen LogP contribution in [0.15, 0.2) is 70.7 Å². The second-order valence-electron chi connectivity index (χ2n) is 6.59. The quantitative estimate of drug-likeness (QED) is 0.481. The van der Waals surface area contributed by atoms with E-state index in [4.69, 9.17) is 4.74 Å². The summed E-state index contributed by atoms with van der Waals surface area (Å²) in [6, 6.07) is 14.7. The molecule has 3 aromatic rings. The molecule has 2 N–H and O–H groups in total. The van der Waals surface area contributed by atoms with Crippen LogP contribution in [0.5, 0.6) is 5.75 Å². The number of anilines is 2. The van der Waals surface area contributed by atoms with Crippen molar-refractivity contribution in [1.82, 2.24) is 4.98 Å². The summed E-state index contributed by atoms with van der Waals surface area (Å²) >= 11 is 1.60. The van der Waals surface area contributed by atoms with Gasteiger partial charge >= 0.3 is 0 Å². The van der Waals surface area contributed by atoms with E-state index in [1.807, 2.05) is 13.0 Å². The highest BCUT2D eigenvalue weighted by molar-refractivity contribution is 7.99. The van der Waals surface area contributed by atoms with Gasteiger partial charge < -0.3 is 10.1 Å². The van der Waals surface area contributed by atoms with Crippen LogP contribution in [0.4, 0.5) is 11.4 Å². The number of amides is 1. The first kappa shape index (κ1) is 22.6. The molecule has 1 aromatic heterocycles. The number of carbonyl (C=O) groups is 1. The number of rotatable bonds is 8. The van der Waals surface area contributed by atoms with E-state index >= 15 is 0 Å². The molecular weight excluding hydrogens is 434 g/mol. The maximum Gasteiger partial charge on any atom is 0.262 e. The lowest BCUT2D eigenvalue weighted by atomic mass is 10.1. The van der Waals surface area contributed by atoms with Gasteiger partial charge in [0.25, 0.3) is 15.9 Å². The zero-order valence-corrected chi connectivity index (χ0v) is 19.0. The van der Waals surface area contributed by atoms with E-state index in [1.54, 1.807) is 67.3 Å². The number of carbonyl (C=O) groups excluding carboxylic acids is 1. The molecular formula is C22H23N3O4S2. The fourth-order valence-electron chi connectivity index (χ4n) is 2.79. The number of methoxy groups -OCH3 is 1. The van der Waals surface area contributed by atoms with Gasteiger partial charge in [-0.2, -0.15) is 0 Å². The minimum absolute atomic E-state index is 0.0313. The summed E-state index contributed by atoms with van der Waals surface area (Å²) < 4.78 is 33.5. The van der Waals surface area contributed by atoms with E-state index in [1.165, 1.54) is 13.2 Å². The monoisotopic (exact) mass is 457 g/mol. The van der Waals surface area contributed by atoms with Crippen LogP contribution in [0.3, 0.4) is 0 Å². The predicted molar refractivity (Wildman–Crippen MR) is 124 cm³/mol. The van der Waals surface area contributed by atoms with E-state index in [9.17, 15) is 13.2 Å². The van der Waals surface area contributed by atoms with Gasteiger partial charge in [0.2, 0.25) is 0 Å². The summed E-state index contributed by atoms with van der Waals surface area (Å²) in [6.07, 6.45) is 1.58. The van der Waals surface area contributed by atoms with Crippen molar-refractivity contribution in [2.24, 2.45) is 0 Å². The number of hydrogen-bond acceptors (Lipinski definition) is 6. The van der Waals surface area contributed by atoms with E-state index < -0.39 is 15.9 Å². The number of hydrogen-bond donors (Lipinski definition) is 2. The van der Waals surface area contributed by atoms with Crippen molar-refractivity contribution in [2.45, 2.75) is 23.8 Å². The summed E-state index contributed by atoms with van der Waals surface area (Å²) in [5.41, 5.74) is 1.69. The molecule has 0 aliphatic carbocycles. The molecule has 0 aliphatic rings. The summed E-state index contributed by atoms with van der Waals surface area (Å²) in [6.45, 7) is 3.72. The maximum atomic E-state index is 12.9. The lowest BCUT2D eigenvalue weighted by Gasteiger charge is -2.13. The maximum absolute atomic E-state index is 12.9. The van der Waals surface area contributed by atoms with Gasteiger partial charge in [-0.05, 0) is 66.8 Å². The Morgan fingerprint density at radius 2 is 1.77 bits per heavy atom. The fourth-order valence-corrected chi connectivity index (χ4v) is 4.71. The molecule has 0 aliphatic heterocycles. The first-order valence-corrected chi connectivity index (χ1v) is 12.0. The molecule has 0 fully saturated rings. The molecule has 0 bridgehead atoms. The SMILES string of the molecule is CCSc1ccc(NC(=O)c2ccc(C)c(S(=O)(=O)Nc3ccc(OC)cc3)c2)cn1. The van der Waals surface area contributed by atoms with Gasteiger partial charge in [0.1, 0.15) is 5.75 Å². The van der Waals surface area contributed by atoms with Crippen molar-refractivity contribution in [1.29, 1.82) is 0 Å². The number of nitrogens with zero attached hydrogens (tertiary/aromatic N) is 1. The highest BCUT2D eigenvalue weighted by Gasteiger charge is 2.19. The number of benzene rings is 2. The molecule has 2 aromatic carbocycles. The van der Waals surface area contributed by atoms with Crippen LogP contribution in [0.25, 0.3) is 0 Å². The molecule has 0 unspecified atom stereocenters. The number of pyridine rings is 1. The zero-order valence-electron chi connectivity index (χ0n) is 17.4. The molecule has 1 amide bonds. The first-order valence-electron chi connectivity index (χ1n) is 9.50. The molecule has 31 heavy (non-hydrogen) atoms. The lowest BCUT2D eigenvalue weighted by Crippen LogP contribution is -2.17. The fraction of sp³-hybridized carbons (Fsp3) is 0.182. The van der Waals surface area contributed by atoms with Crippen LogP contribution >= 0.6 is 11.8 Å². The van der Waals surface area contributed by atoms with Gasteiger partial charge in [0, 0.05) is 11.3 Å². The van der Waals surface area contributed by atoms with Crippen molar-refractivity contribution in [2.75, 3.05) is 22.9 Å². The Labute approximate surface area is 186 Å². The number of thioether (sulfide) groups is 1. The number of aryl methyl sites for hydroxylation is 1. The molecule has 3 rings (SSSR count). The van der Waals surface area contributed by atoms with Gasteiger partial charge in [0.15, 0.2) is 0 Å². The van der Waals surface area contributed by atoms with Crippen LogP contribution in [-0.2, 0) is 10.0 Å². The Kier molecular flexibility index (Phi) is 7.19. The Morgan fingerprint density at radius 3 is 2.39 bits per heavy atom. The minimum atomic E-state index is -3.89. The summed E-state index contributed by atoms with van der Waals surface area (Å²) in [7, 11) is -2.35. The highest BCUT2D eigenvalue weighted by Crippen LogP contribution is 2.23. The first-order chi connectivity index (χ1) is 14.8. The van der Waals surface area contributed by atoms with Crippen LogP contribution in [0, 0.1) is 6.92 Å². The van der Waals surface area contributed by atoms with E-state index in [2.05, 4.69) is 15.0 Å². The Hall–Kier alpha value is -3.04. The number of sulfonamides is 1. The van der Waals surface area contributed by atoms with Crippen LogP contribution in [0.2, 0.25) is 0 Å². The third-order valence-electron chi connectivity index (χ3n) is 4.37. The van der Waals surface area contributed by atoms with Crippen LogP contribution < -0.4 is 14.8 Å². The number of nitrogens with one attached hydrogen (secondary N) is 2. The number of ether oxygens (including phenoxy) is 1. The van der Waals surface area contributed by atoms with Crippen LogP contribution in [-0.4, -0.2) is 32.2 Å². The highest BCUT2D eigenvalue weighted by atomic mass is 32.2. The molecule has 0 saturated heterocycles. The second kappa shape index (κ2) is 9.84. The van der Waals surface area contributed by atoms with Crippen molar-refractivity contribution < 1.29 is 17.9 Å². The molecule has 1 heterocycles. The Balaban J connectivity index is 1.80. The van der Waals surface area contributed by atoms with Gasteiger partial charge in [-0.3, -0.25) is 9.52 Å². The normalized spacial score (nSPS) is 11.1. The van der Waals surface area contributed by atoms with Crippen molar-refractivity contribution >= 4 is 39.1 Å². The standard InChI is InChI=1S/C22H23N3O4S2/c1-4-30-21-12-9-18(14-23-21)24-22(26)16-6-5-15(2)20(13-16)31(27,28)25-17-7-10-19(29-3)11-8-17/h5-14,25H,4H2,1-3H3,(H,24,26). The van der Waals surface area contributed by atoms with E-state index in [0.717, 1.165) is 10.8 Å². The molecule has 0 atom stereocenters. The van der Waals surface area contributed by atoms with Crippen molar-refractivity contribution in [3.8, 4) is 5.75 Å². The van der Waals surface area contributed by atoms with E-state index in [0.29, 0.717) is 22.7 Å².